The molecule has 0 bridgehead atoms. The predicted octanol–water partition coefficient (Wildman–Crippen LogP) is 12.9. The normalized spacial score (nSPS) is 16.1. The lowest BCUT2D eigenvalue weighted by molar-refractivity contribution is 0.748. The maximum atomic E-state index is 5.33. The topological polar surface area (TPSA) is 21.1 Å². The van der Waals surface area contributed by atoms with Gasteiger partial charge in [-0.2, -0.15) is 0 Å². The number of fused-ring (bicyclic) bond motifs is 7. The SMILES string of the molecule is C1=CC2C(C=C1c1ccc3c(c1)c1ccccc1n3-c1cc(-c3ccccc3)cc(-c3ccccc3)n1)c1ccccc1N2c1cccc2ccccc12. The molecule has 0 saturated heterocycles. The molecule has 11 rings (SSSR count). The fourth-order valence-corrected chi connectivity index (χ4v) is 8.82. The highest BCUT2D eigenvalue weighted by molar-refractivity contribution is 6.10. The van der Waals surface area contributed by atoms with Crippen molar-refractivity contribution in [1.82, 2.24) is 9.55 Å². The zero-order valence-corrected chi connectivity index (χ0v) is 29.5. The van der Waals surface area contributed by atoms with E-state index in [0.29, 0.717) is 0 Å². The number of nitrogens with zero attached hydrogens (tertiary/aromatic N) is 3. The van der Waals surface area contributed by atoms with E-state index in [1.807, 2.05) is 0 Å². The highest BCUT2D eigenvalue weighted by Gasteiger charge is 2.38. The van der Waals surface area contributed by atoms with Crippen molar-refractivity contribution >= 4 is 49.5 Å². The molecule has 0 N–H and O–H groups in total. The molecule has 0 spiro atoms. The molecule has 3 heterocycles. The fourth-order valence-electron chi connectivity index (χ4n) is 8.82. The van der Waals surface area contributed by atoms with E-state index in [4.69, 9.17) is 4.98 Å². The van der Waals surface area contributed by atoms with Gasteiger partial charge in [-0.15, -0.1) is 0 Å². The lowest BCUT2D eigenvalue weighted by Gasteiger charge is -2.30. The van der Waals surface area contributed by atoms with Crippen molar-refractivity contribution in [2.45, 2.75) is 12.0 Å². The van der Waals surface area contributed by atoms with Crippen LogP contribution in [-0.4, -0.2) is 15.6 Å². The number of hydrogen-bond acceptors (Lipinski definition) is 2. The minimum Gasteiger partial charge on any atom is -0.333 e. The quantitative estimate of drug-likeness (QED) is 0.179. The van der Waals surface area contributed by atoms with Crippen molar-refractivity contribution in [3.63, 3.8) is 0 Å². The standard InChI is InChI=1S/C51H35N3/c1-3-14-34(15-4-1)39-32-45(36-17-5-2-6-18-36)52-51(33-39)54-48-24-12-10-22-42(48)44-31-38(27-29-50(44)54)37-26-28-49-43(30-37)41-21-9-11-23-47(41)53(49)46-25-13-19-35-16-7-8-20-40(35)46/h1-33,43,49H. The Labute approximate surface area is 314 Å². The monoisotopic (exact) mass is 689 g/mol. The second-order valence-corrected chi connectivity index (χ2v) is 14.3. The van der Waals surface area contributed by atoms with Crippen LogP contribution < -0.4 is 4.90 Å². The Morgan fingerprint density at radius 1 is 0.463 bits per heavy atom. The summed E-state index contributed by atoms with van der Waals surface area (Å²) in [6.45, 7) is 0. The Morgan fingerprint density at radius 2 is 1.15 bits per heavy atom. The first-order valence-electron chi connectivity index (χ1n) is 18.7. The number of hydrogen-bond donors (Lipinski definition) is 0. The second kappa shape index (κ2) is 12.3. The van der Waals surface area contributed by atoms with E-state index >= 15 is 0 Å². The van der Waals surface area contributed by atoms with Crippen LogP contribution in [0, 0.1) is 0 Å². The van der Waals surface area contributed by atoms with Crippen LogP contribution in [0.4, 0.5) is 11.4 Å². The Morgan fingerprint density at radius 3 is 2.02 bits per heavy atom. The van der Waals surface area contributed by atoms with Gasteiger partial charge in [0.1, 0.15) is 5.82 Å². The van der Waals surface area contributed by atoms with E-state index in [2.05, 4.69) is 210 Å². The van der Waals surface area contributed by atoms with E-state index in [-0.39, 0.29) is 12.0 Å². The zero-order valence-electron chi connectivity index (χ0n) is 29.5. The van der Waals surface area contributed by atoms with Crippen LogP contribution in [0.3, 0.4) is 0 Å². The number of allylic oxidation sites excluding steroid dienone is 2. The molecule has 3 heteroatoms. The summed E-state index contributed by atoms with van der Waals surface area (Å²) < 4.78 is 2.34. The highest BCUT2D eigenvalue weighted by atomic mass is 15.2. The average molecular weight is 690 g/mol. The number of pyridine rings is 1. The van der Waals surface area contributed by atoms with Gasteiger partial charge in [0.05, 0.1) is 22.8 Å². The van der Waals surface area contributed by atoms with E-state index in [0.717, 1.165) is 33.7 Å². The molecule has 2 unspecified atom stereocenters. The van der Waals surface area contributed by atoms with Gasteiger partial charge in [-0.3, -0.25) is 4.57 Å². The van der Waals surface area contributed by atoms with Gasteiger partial charge in [0.15, 0.2) is 0 Å². The smallest absolute Gasteiger partial charge is 0.138 e. The minimum absolute atomic E-state index is 0.198. The molecule has 254 valence electrons. The molecule has 2 aromatic heterocycles. The van der Waals surface area contributed by atoms with E-state index in [1.165, 1.54) is 55.2 Å². The fraction of sp³-hybridized carbons (Fsp3) is 0.0392. The van der Waals surface area contributed by atoms with Crippen molar-refractivity contribution in [2.24, 2.45) is 0 Å². The molecule has 0 saturated carbocycles. The van der Waals surface area contributed by atoms with Crippen molar-refractivity contribution in [3.8, 4) is 28.2 Å². The Kier molecular flexibility index (Phi) is 6.99. The Balaban J connectivity index is 1.04. The van der Waals surface area contributed by atoms with E-state index < -0.39 is 0 Å². The van der Waals surface area contributed by atoms with Gasteiger partial charge < -0.3 is 4.90 Å². The number of aromatic nitrogens is 2. The number of para-hydroxylation sites is 2. The van der Waals surface area contributed by atoms with Crippen LogP contribution in [0.5, 0.6) is 0 Å². The first-order valence-corrected chi connectivity index (χ1v) is 18.7. The summed E-state index contributed by atoms with van der Waals surface area (Å²) in [4.78, 5) is 7.87. The number of rotatable bonds is 5. The maximum absolute atomic E-state index is 5.33. The zero-order chi connectivity index (χ0) is 35.6. The average Bonchev–Trinajstić information content (AvgIpc) is 3.76. The van der Waals surface area contributed by atoms with E-state index in [1.54, 1.807) is 0 Å². The lowest BCUT2D eigenvalue weighted by Crippen LogP contribution is -2.29. The molecule has 1 aliphatic carbocycles. The summed E-state index contributed by atoms with van der Waals surface area (Å²) in [5, 5.41) is 4.98. The van der Waals surface area contributed by atoms with Gasteiger partial charge >= 0.3 is 0 Å². The molecule has 1 aliphatic heterocycles. The van der Waals surface area contributed by atoms with Crippen molar-refractivity contribution in [3.05, 3.63) is 211 Å². The third-order valence-corrected chi connectivity index (χ3v) is 11.3. The molecular weight excluding hydrogens is 655 g/mol. The van der Waals surface area contributed by atoms with Crippen LogP contribution in [0.15, 0.2) is 200 Å². The number of anilines is 2. The molecule has 0 amide bonds. The Bertz CT molecular complexity index is 2890. The molecule has 7 aromatic carbocycles. The van der Waals surface area contributed by atoms with Gasteiger partial charge in [-0.05, 0) is 75.7 Å². The van der Waals surface area contributed by atoms with Crippen LogP contribution >= 0.6 is 0 Å². The first kappa shape index (κ1) is 30.6. The molecule has 9 aromatic rings. The third kappa shape index (κ3) is 4.86. The van der Waals surface area contributed by atoms with Gasteiger partial charge in [0.25, 0.3) is 0 Å². The van der Waals surface area contributed by atoms with Crippen molar-refractivity contribution in [1.29, 1.82) is 0 Å². The van der Waals surface area contributed by atoms with Gasteiger partial charge in [0.2, 0.25) is 0 Å². The number of benzene rings is 7. The Hall–Kier alpha value is -6.97. The lowest BCUT2D eigenvalue weighted by atomic mass is 9.86. The third-order valence-electron chi connectivity index (χ3n) is 11.3. The van der Waals surface area contributed by atoms with Crippen molar-refractivity contribution < 1.29 is 0 Å². The maximum Gasteiger partial charge on any atom is 0.138 e. The van der Waals surface area contributed by atoms with Gasteiger partial charge in [-0.25, -0.2) is 4.98 Å². The molecule has 2 aliphatic rings. The van der Waals surface area contributed by atoms with Gasteiger partial charge in [-0.1, -0.05) is 158 Å². The summed E-state index contributed by atoms with van der Waals surface area (Å²) in [5.74, 6) is 1.14. The second-order valence-electron chi connectivity index (χ2n) is 14.3. The largest absolute Gasteiger partial charge is 0.333 e. The summed E-state index contributed by atoms with van der Waals surface area (Å²) in [6, 6.07) is 65.7. The van der Waals surface area contributed by atoms with E-state index in [9.17, 15) is 0 Å². The predicted molar refractivity (Wildman–Crippen MR) is 226 cm³/mol. The van der Waals surface area contributed by atoms with Crippen LogP contribution in [0.25, 0.3) is 66.4 Å². The summed E-state index contributed by atoms with van der Waals surface area (Å²) in [7, 11) is 0. The minimum atomic E-state index is 0.198. The molecular formula is C51H35N3. The first-order chi connectivity index (χ1) is 26.8. The van der Waals surface area contributed by atoms with Gasteiger partial charge in [0, 0.05) is 39.0 Å². The summed E-state index contributed by atoms with van der Waals surface area (Å²) >= 11 is 0. The summed E-state index contributed by atoms with van der Waals surface area (Å²) in [6.07, 6.45) is 7.24. The highest BCUT2D eigenvalue weighted by Crippen LogP contribution is 2.50. The molecule has 54 heavy (non-hydrogen) atoms. The van der Waals surface area contributed by atoms with Crippen LogP contribution in [-0.2, 0) is 0 Å². The molecule has 0 fully saturated rings. The van der Waals surface area contributed by atoms with Crippen LogP contribution in [0.2, 0.25) is 0 Å². The van der Waals surface area contributed by atoms with Crippen molar-refractivity contribution in [2.75, 3.05) is 4.90 Å². The molecule has 2 atom stereocenters. The molecule has 3 nitrogen and oxygen atoms in total. The summed E-state index contributed by atoms with van der Waals surface area (Å²) in [5.41, 5.74) is 13.0. The molecule has 0 radical (unpaired) electrons. The van der Waals surface area contributed by atoms with Crippen LogP contribution in [0.1, 0.15) is 17.0 Å².